The van der Waals surface area contributed by atoms with Gasteiger partial charge in [0.25, 0.3) is 6.21 Å². The molecule has 5 aromatic carbocycles. The average Bonchev–Trinajstić information content (AvgIpc) is 3.62. The third-order valence-electron chi connectivity index (χ3n) is 9.08. The van der Waals surface area contributed by atoms with Crippen molar-refractivity contribution in [2.24, 2.45) is 5.73 Å². The number of hydrogen-bond acceptors (Lipinski definition) is 3. The first kappa shape index (κ1) is 28.1. The van der Waals surface area contributed by atoms with Crippen LogP contribution < -0.4 is 10.4 Å². The van der Waals surface area contributed by atoms with Crippen LogP contribution in [0.4, 0.5) is 0 Å². The molecule has 8 rings (SSSR count). The summed E-state index contributed by atoms with van der Waals surface area (Å²) in [5, 5.41) is 7.04. The molecular formula is C43H31N4+. The van der Waals surface area contributed by atoms with Crippen LogP contribution in [0.25, 0.3) is 60.2 Å². The fourth-order valence-electron chi connectivity index (χ4n) is 6.83. The Balaban J connectivity index is 1.48. The predicted octanol–water partition coefficient (Wildman–Crippen LogP) is 9.03. The summed E-state index contributed by atoms with van der Waals surface area (Å²) in [6.45, 7) is 2.16. The fraction of sp³-hybridized carbons (Fsp3) is 0.0233. The molecule has 0 aliphatic carbocycles. The van der Waals surface area contributed by atoms with E-state index >= 15 is 0 Å². The molecule has 0 fully saturated rings. The Kier molecular flexibility index (Phi) is 7.11. The summed E-state index contributed by atoms with van der Waals surface area (Å²) in [5.41, 5.74) is 17.1. The van der Waals surface area contributed by atoms with Crippen LogP contribution in [0.3, 0.4) is 0 Å². The number of pyridine rings is 2. The monoisotopic (exact) mass is 603 g/mol. The third kappa shape index (κ3) is 4.94. The highest BCUT2D eigenvalue weighted by molar-refractivity contribution is 6.40. The highest BCUT2D eigenvalue weighted by atomic mass is 14.6. The van der Waals surface area contributed by atoms with E-state index in [4.69, 9.17) is 10.4 Å². The Bertz CT molecular complexity index is 2500. The van der Waals surface area contributed by atoms with E-state index in [1.54, 1.807) is 6.20 Å². The second-order valence-corrected chi connectivity index (χ2v) is 11.7. The molecule has 4 heteroatoms. The molecule has 0 radical (unpaired) electrons. The molecule has 1 aliphatic rings. The smallest absolute Gasteiger partial charge is 0.342 e. The molecule has 0 spiro atoms. The van der Waals surface area contributed by atoms with Gasteiger partial charge in [0.05, 0.1) is 11.1 Å². The Morgan fingerprint density at radius 1 is 0.638 bits per heavy atom. The van der Waals surface area contributed by atoms with Crippen molar-refractivity contribution in [1.82, 2.24) is 14.6 Å². The van der Waals surface area contributed by atoms with Crippen LogP contribution in [0, 0.1) is 0 Å². The normalized spacial score (nSPS) is 13.4. The van der Waals surface area contributed by atoms with Crippen LogP contribution in [-0.2, 0) is 0 Å². The zero-order valence-electron chi connectivity index (χ0n) is 25.9. The van der Waals surface area contributed by atoms with Crippen molar-refractivity contribution in [2.45, 2.75) is 6.92 Å². The van der Waals surface area contributed by atoms with Gasteiger partial charge in [0.2, 0.25) is 0 Å². The van der Waals surface area contributed by atoms with Crippen molar-refractivity contribution in [2.75, 3.05) is 0 Å². The zero-order chi connectivity index (χ0) is 31.7. The predicted molar refractivity (Wildman–Crippen MR) is 199 cm³/mol. The second kappa shape index (κ2) is 11.9. The van der Waals surface area contributed by atoms with E-state index in [2.05, 4.69) is 108 Å². The minimum atomic E-state index is 0.938. The Labute approximate surface area is 273 Å². The molecule has 4 nitrogen and oxygen atoms in total. The van der Waals surface area contributed by atoms with Crippen molar-refractivity contribution in [3.63, 3.8) is 0 Å². The molecule has 0 amide bonds. The molecule has 0 bridgehead atoms. The average molecular weight is 604 g/mol. The summed E-state index contributed by atoms with van der Waals surface area (Å²) in [7, 11) is 0. The number of benzene rings is 5. The third-order valence-corrected chi connectivity index (χ3v) is 9.08. The van der Waals surface area contributed by atoms with Crippen molar-refractivity contribution in [3.05, 3.63) is 175 Å². The summed E-state index contributed by atoms with van der Waals surface area (Å²) >= 11 is 0. The summed E-state index contributed by atoms with van der Waals surface area (Å²) in [4.78, 5) is 8.52. The van der Waals surface area contributed by atoms with Gasteiger partial charge in [0, 0.05) is 36.4 Å². The number of allylic oxidation sites excluding steroid dienone is 5. The lowest BCUT2D eigenvalue weighted by Crippen LogP contribution is -2.07. The first-order valence-corrected chi connectivity index (χ1v) is 15.7. The molecule has 2 aromatic heterocycles. The molecule has 0 unspecified atom stereocenters. The van der Waals surface area contributed by atoms with Crippen molar-refractivity contribution in [1.29, 1.82) is 0 Å². The van der Waals surface area contributed by atoms with Crippen LogP contribution in [0.1, 0.15) is 29.2 Å². The van der Waals surface area contributed by atoms with Gasteiger partial charge in [-0.05, 0) is 121 Å². The standard InChI is InChI=1S/C43H31N4/c1-28(29-15-21-45-22-16-29)35(14-20-44)41-36-8-4-5-9-37(36)42(39-19-25-47-43(39)31-17-23-46-24-18-31)40-27-34(12-13-38(40)41)33-11-10-30-6-2-3-7-32(30)26-33/h2-27H,44H2,1H3/q+1/b20-14-,35-28-. The largest absolute Gasteiger partial charge is 0.405 e. The number of hydrogen-bond donors (Lipinski definition) is 1. The summed E-state index contributed by atoms with van der Waals surface area (Å²) in [6, 6.07) is 38.9. The van der Waals surface area contributed by atoms with E-state index < -0.39 is 0 Å². The summed E-state index contributed by atoms with van der Waals surface area (Å²) in [5.74, 6) is 0. The lowest BCUT2D eigenvalue weighted by Gasteiger charge is -2.20. The molecule has 222 valence electrons. The second-order valence-electron chi connectivity index (χ2n) is 11.7. The molecule has 47 heavy (non-hydrogen) atoms. The Morgan fingerprint density at radius 3 is 2.09 bits per heavy atom. The molecule has 1 aliphatic heterocycles. The van der Waals surface area contributed by atoms with Gasteiger partial charge < -0.3 is 5.73 Å². The van der Waals surface area contributed by atoms with E-state index in [1.807, 2.05) is 61.3 Å². The van der Waals surface area contributed by atoms with E-state index in [-0.39, 0.29) is 0 Å². The maximum Gasteiger partial charge on any atom is 0.342 e. The molecule has 2 N–H and O–H groups in total. The van der Waals surface area contributed by atoms with Crippen LogP contribution in [-0.4, -0.2) is 21.9 Å². The van der Waals surface area contributed by atoms with Crippen molar-refractivity contribution >= 4 is 61.0 Å². The number of nitrogens with zero attached hydrogens (tertiary/aromatic N) is 3. The van der Waals surface area contributed by atoms with E-state index in [0.29, 0.717) is 0 Å². The molecule has 3 heterocycles. The van der Waals surface area contributed by atoms with Gasteiger partial charge >= 0.3 is 5.71 Å². The van der Waals surface area contributed by atoms with E-state index in [1.165, 1.54) is 16.3 Å². The van der Waals surface area contributed by atoms with Crippen LogP contribution in [0.15, 0.2) is 152 Å². The van der Waals surface area contributed by atoms with Gasteiger partial charge in [-0.3, -0.25) is 9.97 Å². The lowest BCUT2D eigenvalue weighted by molar-refractivity contribution is 1.31. The maximum absolute atomic E-state index is 6.17. The Morgan fingerprint density at radius 2 is 1.30 bits per heavy atom. The number of aromatic nitrogens is 2. The fourth-order valence-corrected chi connectivity index (χ4v) is 6.83. The van der Waals surface area contributed by atoms with Gasteiger partial charge in [0.1, 0.15) is 0 Å². The first-order chi connectivity index (χ1) is 23.2. The lowest BCUT2D eigenvalue weighted by atomic mass is 9.81. The van der Waals surface area contributed by atoms with Crippen LogP contribution in [0.2, 0.25) is 0 Å². The van der Waals surface area contributed by atoms with Gasteiger partial charge in [-0.15, -0.1) is 0 Å². The summed E-state index contributed by atoms with van der Waals surface area (Å²) < 4.78 is 4.88. The first-order valence-electron chi connectivity index (χ1n) is 15.7. The zero-order valence-corrected chi connectivity index (χ0v) is 25.9. The molecule has 0 saturated heterocycles. The minimum absolute atomic E-state index is 0.938. The van der Waals surface area contributed by atoms with Crippen LogP contribution >= 0.6 is 0 Å². The summed E-state index contributed by atoms with van der Waals surface area (Å²) in [6.07, 6.45) is 15.0. The van der Waals surface area contributed by atoms with E-state index in [0.717, 1.165) is 71.8 Å². The topological polar surface area (TPSA) is 65.9 Å². The van der Waals surface area contributed by atoms with Gasteiger partial charge in [-0.1, -0.05) is 77.5 Å². The number of rotatable bonds is 6. The highest BCUT2D eigenvalue weighted by Gasteiger charge is 2.29. The van der Waals surface area contributed by atoms with Crippen molar-refractivity contribution < 1.29 is 0 Å². The van der Waals surface area contributed by atoms with Crippen molar-refractivity contribution in [3.8, 4) is 11.1 Å². The number of nitrogens with two attached hydrogens (primary N) is 1. The maximum atomic E-state index is 6.17. The molecule has 0 atom stereocenters. The van der Waals surface area contributed by atoms with E-state index in [9.17, 15) is 0 Å². The quantitative estimate of drug-likeness (QED) is 0.117. The molecular weight excluding hydrogens is 573 g/mol. The van der Waals surface area contributed by atoms with Crippen LogP contribution in [0.5, 0.6) is 0 Å². The molecule has 0 saturated carbocycles. The highest BCUT2D eigenvalue weighted by Crippen LogP contribution is 2.44. The number of fused-ring (bicyclic) bond motifs is 3. The van der Waals surface area contributed by atoms with Gasteiger partial charge in [0.15, 0.2) is 0 Å². The van der Waals surface area contributed by atoms with Gasteiger partial charge in [-0.25, -0.2) is 0 Å². The molecule has 7 aromatic rings. The van der Waals surface area contributed by atoms with Gasteiger partial charge in [-0.2, -0.15) is 0 Å². The Hall–Kier alpha value is -6.35. The minimum Gasteiger partial charge on any atom is -0.405 e. The SMILES string of the molecule is C/C(=C(\C=C/N)c1c2ccccc2c(C2=CC=[N+]=C2c2ccncc2)c2cc(-c3ccc4ccccc4c3)ccc12)c1ccncc1.